The van der Waals surface area contributed by atoms with Crippen LogP contribution in [0.3, 0.4) is 0 Å². The summed E-state index contributed by atoms with van der Waals surface area (Å²) in [6.45, 7) is 9.48. The zero-order valence-electron chi connectivity index (χ0n) is 27.0. The number of aromatic hydroxyl groups is 1. The van der Waals surface area contributed by atoms with Gasteiger partial charge in [-0.05, 0) is 87.5 Å². The Kier molecular flexibility index (Phi) is 11.3. The number of benzene rings is 1. The Bertz CT molecular complexity index is 1240. The predicted octanol–water partition coefficient (Wildman–Crippen LogP) is 5.69. The third-order valence-corrected chi connectivity index (χ3v) is 10.0. The number of nitrogens with zero attached hydrogens (tertiary/aromatic N) is 2. The molecular formula is C36H52N2O7. The van der Waals surface area contributed by atoms with Crippen molar-refractivity contribution in [1.29, 1.82) is 0 Å². The summed E-state index contributed by atoms with van der Waals surface area (Å²) in [5.74, 6) is -0.356. The lowest BCUT2D eigenvalue weighted by atomic mass is 9.55. The van der Waals surface area contributed by atoms with E-state index in [0.29, 0.717) is 31.7 Å². The summed E-state index contributed by atoms with van der Waals surface area (Å²) < 4.78 is 14.0. The molecule has 9 nitrogen and oxygen atoms in total. The zero-order chi connectivity index (χ0) is 32.0. The molecule has 1 heterocycles. The summed E-state index contributed by atoms with van der Waals surface area (Å²) in [5, 5.41) is 34.8. The molecule has 5 rings (SSSR count). The fourth-order valence-corrected chi connectivity index (χ4v) is 8.03. The van der Waals surface area contributed by atoms with Crippen molar-refractivity contribution in [3.8, 4) is 11.5 Å². The molecule has 6 unspecified atom stereocenters. The number of oxime groups is 1. The van der Waals surface area contributed by atoms with E-state index in [1.807, 2.05) is 24.0 Å². The first kappa shape index (κ1) is 33.5. The van der Waals surface area contributed by atoms with Crippen LogP contribution in [0.15, 0.2) is 47.7 Å². The number of rotatable bonds is 17. The Labute approximate surface area is 267 Å². The summed E-state index contributed by atoms with van der Waals surface area (Å²) >= 11 is 0. The average Bonchev–Trinajstić information content (AvgIpc) is 3.89. The zero-order valence-corrected chi connectivity index (χ0v) is 27.0. The first-order valence-electron chi connectivity index (χ1n) is 17.1. The number of aliphatic hydroxyl groups excluding tert-OH is 2. The summed E-state index contributed by atoms with van der Waals surface area (Å²) in [6.07, 6.45) is 12.0. The van der Waals surface area contributed by atoms with Gasteiger partial charge in [-0.1, -0.05) is 37.1 Å². The van der Waals surface area contributed by atoms with Crippen molar-refractivity contribution in [2.24, 2.45) is 28.8 Å². The lowest BCUT2D eigenvalue weighted by Gasteiger charge is -2.60. The molecule has 1 aromatic rings. The molecule has 3 N–H and O–H groups in total. The molecule has 0 radical (unpaired) electrons. The number of hydrogen-bond donors (Lipinski definition) is 3. The number of allylic oxidation sites excluding steroid dienone is 1. The van der Waals surface area contributed by atoms with E-state index in [2.05, 4.69) is 19.6 Å². The lowest BCUT2D eigenvalue weighted by Crippen LogP contribution is -2.70. The molecule has 0 spiro atoms. The topological polar surface area (TPSA) is 121 Å². The second-order valence-corrected chi connectivity index (χ2v) is 13.0. The molecule has 45 heavy (non-hydrogen) atoms. The molecule has 2 saturated carbocycles. The summed E-state index contributed by atoms with van der Waals surface area (Å²) in [7, 11) is 0. The minimum Gasteiger partial charge on any atom is -0.508 e. The SMILES string of the molecule is C=CCOC12Oc3ccc(O)cc3C3C(CCCCO)C(CCCCO)C=C(C(=NOCC)CC1N(CCC)C(=O)C1CC1)C32. The van der Waals surface area contributed by atoms with E-state index in [9.17, 15) is 20.1 Å². The van der Waals surface area contributed by atoms with Crippen molar-refractivity contribution in [2.45, 2.75) is 95.8 Å². The molecule has 1 amide bonds. The largest absolute Gasteiger partial charge is 0.508 e. The number of amides is 1. The Morgan fingerprint density at radius 3 is 2.58 bits per heavy atom. The van der Waals surface area contributed by atoms with Crippen LogP contribution in [-0.4, -0.2) is 76.6 Å². The van der Waals surface area contributed by atoms with Crippen LogP contribution in [0.25, 0.3) is 0 Å². The normalized spacial score (nSPS) is 29.3. The summed E-state index contributed by atoms with van der Waals surface area (Å²) in [4.78, 5) is 21.7. The van der Waals surface area contributed by atoms with E-state index >= 15 is 0 Å². The van der Waals surface area contributed by atoms with Crippen molar-refractivity contribution in [3.63, 3.8) is 0 Å². The fourth-order valence-electron chi connectivity index (χ4n) is 8.03. The van der Waals surface area contributed by atoms with Gasteiger partial charge in [-0.2, -0.15) is 0 Å². The van der Waals surface area contributed by atoms with Crippen LogP contribution in [-0.2, 0) is 14.4 Å². The minimum atomic E-state index is -1.22. The molecule has 2 fully saturated rings. The maximum atomic E-state index is 14.0. The molecule has 0 aromatic heterocycles. The molecule has 6 atom stereocenters. The van der Waals surface area contributed by atoms with Crippen molar-refractivity contribution < 1.29 is 34.4 Å². The van der Waals surface area contributed by atoms with Crippen LogP contribution < -0.4 is 4.74 Å². The fraction of sp³-hybridized carbons (Fsp3) is 0.667. The van der Waals surface area contributed by atoms with Gasteiger partial charge in [0, 0.05) is 43.6 Å². The van der Waals surface area contributed by atoms with Gasteiger partial charge in [0.25, 0.3) is 0 Å². The van der Waals surface area contributed by atoms with E-state index in [0.717, 1.165) is 68.2 Å². The number of phenolic OH excluding ortho intramolecular Hbond substituents is 1. The van der Waals surface area contributed by atoms with E-state index in [4.69, 9.17) is 19.5 Å². The quantitative estimate of drug-likeness (QED) is 0.116. The standard InChI is InChI=1S/C36H52N2O7/c1-4-17-38(35(42)24-13-14-24)32-23-30(37-44-6-3)28-21-25(11-7-9-18-39)27(12-8-10-19-40)33-29-22-26(41)15-16-31(29)45-36(32,34(28)33)43-20-5-2/h5,15-16,21-22,24-25,27,32-34,39-41H,2,4,6-14,17-20,23H2,1,3H3. The molecule has 9 heteroatoms. The van der Waals surface area contributed by atoms with Gasteiger partial charge < -0.3 is 34.5 Å². The molecule has 3 aliphatic carbocycles. The monoisotopic (exact) mass is 624 g/mol. The van der Waals surface area contributed by atoms with Gasteiger partial charge in [0.05, 0.1) is 18.2 Å². The average molecular weight is 625 g/mol. The van der Waals surface area contributed by atoms with Crippen molar-refractivity contribution in [2.75, 3.05) is 33.0 Å². The number of phenols is 1. The molecule has 0 bridgehead atoms. The van der Waals surface area contributed by atoms with Gasteiger partial charge in [0.1, 0.15) is 24.1 Å². The van der Waals surface area contributed by atoms with Crippen LogP contribution in [0.4, 0.5) is 0 Å². The van der Waals surface area contributed by atoms with E-state index in [1.165, 1.54) is 0 Å². The van der Waals surface area contributed by atoms with Crippen LogP contribution in [0.5, 0.6) is 11.5 Å². The van der Waals surface area contributed by atoms with Gasteiger partial charge in [-0.3, -0.25) is 4.79 Å². The Hall–Kier alpha value is -2.88. The molecule has 1 aromatic carbocycles. The third-order valence-electron chi connectivity index (χ3n) is 10.0. The van der Waals surface area contributed by atoms with Gasteiger partial charge in [-0.25, -0.2) is 0 Å². The maximum absolute atomic E-state index is 14.0. The number of aliphatic hydroxyl groups is 2. The van der Waals surface area contributed by atoms with Crippen LogP contribution >= 0.6 is 0 Å². The molecule has 4 aliphatic rings. The Morgan fingerprint density at radius 2 is 1.91 bits per heavy atom. The Balaban J connectivity index is 1.75. The number of unbranched alkanes of at least 4 members (excludes halogenated alkanes) is 2. The van der Waals surface area contributed by atoms with E-state index < -0.39 is 11.8 Å². The number of fused-ring (bicyclic) bond motifs is 2. The third kappa shape index (κ3) is 6.81. The van der Waals surface area contributed by atoms with Crippen LogP contribution in [0.2, 0.25) is 0 Å². The maximum Gasteiger partial charge on any atom is 0.239 e. The van der Waals surface area contributed by atoms with E-state index in [1.54, 1.807) is 12.1 Å². The van der Waals surface area contributed by atoms with Gasteiger partial charge in [0.15, 0.2) is 0 Å². The highest BCUT2D eigenvalue weighted by molar-refractivity contribution is 6.03. The summed E-state index contributed by atoms with van der Waals surface area (Å²) in [6, 6.07) is 4.85. The highest BCUT2D eigenvalue weighted by Gasteiger charge is 2.65. The molecule has 0 saturated heterocycles. The number of carbonyl (C=O) groups is 1. The number of ether oxygens (including phenoxy) is 2. The van der Waals surface area contributed by atoms with Gasteiger partial charge in [0.2, 0.25) is 11.7 Å². The minimum absolute atomic E-state index is 0.0225. The molecular weight excluding hydrogens is 572 g/mol. The highest BCUT2D eigenvalue weighted by atomic mass is 16.7. The predicted molar refractivity (Wildman–Crippen MR) is 173 cm³/mol. The van der Waals surface area contributed by atoms with Crippen molar-refractivity contribution in [1.82, 2.24) is 4.90 Å². The van der Waals surface area contributed by atoms with Crippen LogP contribution in [0, 0.1) is 23.7 Å². The second-order valence-electron chi connectivity index (χ2n) is 13.0. The number of hydrogen-bond acceptors (Lipinski definition) is 8. The van der Waals surface area contributed by atoms with Crippen LogP contribution in [0.1, 0.15) is 89.5 Å². The smallest absolute Gasteiger partial charge is 0.239 e. The number of carbonyl (C=O) groups excluding carboxylic acids is 1. The van der Waals surface area contributed by atoms with Gasteiger partial charge in [-0.15, -0.1) is 6.58 Å². The second kappa shape index (κ2) is 15.1. The van der Waals surface area contributed by atoms with Gasteiger partial charge >= 0.3 is 0 Å². The first-order chi connectivity index (χ1) is 21.9. The molecule has 1 aliphatic heterocycles. The molecule has 248 valence electrons. The first-order valence-corrected chi connectivity index (χ1v) is 17.1. The highest BCUT2D eigenvalue weighted by Crippen LogP contribution is 2.62. The van der Waals surface area contributed by atoms with E-state index in [-0.39, 0.29) is 61.1 Å². The van der Waals surface area contributed by atoms with Crippen molar-refractivity contribution in [3.05, 3.63) is 48.1 Å². The lowest BCUT2D eigenvalue weighted by molar-refractivity contribution is -0.257. The summed E-state index contributed by atoms with van der Waals surface area (Å²) in [5.41, 5.74) is 2.76. The Morgan fingerprint density at radius 1 is 1.16 bits per heavy atom. The van der Waals surface area contributed by atoms with Crippen molar-refractivity contribution >= 4 is 11.6 Å².